The van der Waals surface area contributed by atoms with Crippen molar-refractivity contribution in [1.29, 1.82) is 5.26 Å². The molecule has 108 valence electrons. The first-order chi connectivity index (χ1) is 9.34. The molecule has 1 amide bonds. The van der Waals surface area contributed by atoms with Crippen LogP contribution in [0.15, 0.2) is 30.3 Å². The lowest BCUT2D eigenvalue weighted by Gasteiger charge is -2.25. The van der Waals surface area contributed by atoms with E-state index in [9.17, 15) is 4.79 Å². The number of hydrogen-bond donors (Lipinski definition) is 1. The average Bonchev–Trinajstić information content (AvgIpc) is 2.36. The zero-order valence-corrected chi connectivity index (χ0v) is 12.5. The minimum atomic E-state index is -0.665. The SMILES string of the molecule is C[C@@H](COc1ccccc1)NC(=O)[C@@H](C#N)C(C)(C)C. The van der Waals surface area contributed by atoms with Gasteiger partial charge in [0, 0.05) is 0 Å². The summed E-state index contributed by atoms with van der Waals surface area (Å²) in [6.07, 6.45) is 0. The Morgan fingerprint density at radius 3 is 2.45 bits per heavy atom. The number of hydrogen-bond acceptors (Lipinski definition) is 3. The van der Waals surface area contributed by atoms with Crippen LogP contribution in [0.1, 0.15) is 27.7 Å². The van der Waals surface area contributed by atoms with Gasteiger partial charge in [0.15, 0.2) is 0 Å². The van der Waals surface area contributed by atoms with Gasteiger partial charge < -0.3 is 10.1 Å². The number of carbonyl (C=O) groups excluding carboxylic acids is 1. The fraction of sp³-hybridized carbons (Fsp3) is 0.500. The smallest absolute Gasteiger partial charge is 0.238 e. The highest BCUT2D eigenvalue weighted by atomic mass is 16.5. The highest BCUT2D eigenvalue weighted by Crippen LogP contribution is 2.25. The summed E-state index contributed by atoms with van der Waals surface area (Å²) < 4.78 is 5.57. The van der Waals surface area contributed by atoms with E-state index in [4.69, 9.17) is 10.00 Å². The number of para-hydroxylation sites is 1. The van der Waals surface area contributed by atoms with Crippen LogP contribution in [-0.4, -0.2) is 18.6 Å². The van der Waals surface area contributed by atoms with Gasteiger partial charge in [-0.2, -0.15) is 5.26 Å². The molecule has 4 heteroatoms. The molecule has 0 aliphatic rings. The molecule has 0 spiro atoms. The summed E-state index contributed by atoms with van der Waals surface area (Å²) in [7, 11) is 0. The van der Waals surface area contributed by atoms with Gasteiger partial charge in [0.05, 0.1) is 12.1 Å². The Labute approximate surface area is 120 Å². The number of nitrogens with zero attached hydrogens (tertiary/aromatic N) is 1. The molecule has 1 aromatic rings. The molecule has 0 bridgehead atoms. The Hall–Kier alpha value is -2.02. The molecule has 2 atom stereocenters. The van der Waals surface area contributed by atoms with Crippen LogP contribution >= 0.6 is 0 Å². The Morgan fingerprint density at radius 1 is 1.35 bits per heavy atom. The van der Waals surface area contributed by atoms with Gasteiger partial charge in [0.2, 0.25) is 5.91 Å². The van der Waals surface area contributed by atoms with E-state index < -0.39 is 5.92 Å². The summed E-state index contributed by atoms with van der Waals surface area (Å²) in [4.78, 5) is 12.1. The molecule has 0 aromatic heterocycles. The maximum atomic E-state index is 12.1. The van der Waals surface area contributed by atoms with Crippen molar-refractivity contribution in [3.63, 3.8) is 0 Å². The average molecular weight is 274 g/mol. The molecule has 20 heavy (non-hydrogen) atoms. The van der Waals surface area contributed by atoms with Crippen molar-refractivity contribution < 1.29 is 9.53 Å². The van der Waals surface area contributed by atoms with E-state index in [0.717, 1.165) is 5.75 Å². The minimum Gasteiger partial charge on any atom is -0.491 e. The lowest BCUT2D eigenvalue weighted by molar-refractivity contribution is -0.126. The second-order valence-electron chi connectivity index (χ2n) is 5.96. The normalized spacial score (nSPS) is 13.9. The lowest BCUT2D eigenvalue weighted by atomic mass is 9.81. The summed E-state index contributed by atoms with van der Waals surface area (Å²) in [6.45, 7) is 7.87. The number of nitriles is 1. The van der Waals surface area contributed by atoms with Gasteiger partial charge in [-0.1, -0.05) is 39.0 Å². The van der Waals surface area contributed by atoms with Crippen molar-refractivity contribution in [2.24, 2.45) is 11.3 Å². The predicted molar refractivity (Wildman–Crippen MR) is 78.1 cm³/mol. The molecule has 0 aliphatic carbocycles. The molecule has 4 nitrogen and oxygen atoms in total. The van der Waals surface area contributed by atoms with Crippen molar-refractivity contribution in [2.45, 2.75) is 33.7 Å². The highest BCUT2D eigenvalue weighted by Gasteiger charge is 2.31. The molecule has 0 saturated carbocycles. The molecule has 0 radical (unpaired) electrons. The van der Waals surface area contributed by atoms with E-state index in [1.807, 2.05) is 58.0 Å². The van der Waals surface area contributed by atoms with Gasteiger partial charge in [-0.05, 0) is 24.5 Å². The Bertz CT molecular complexity index is 471. The van der Waals surface area contributed by atoms with E-state index >= 15 is 0 Å². The van der Waals surface area contributed by atoms with Crippen LogP contribution in [0.25, 0.3) is 0 Å². The van der Waals surface area contributed by atoms with E-state index in [2.05, 4.69) is 11.4 Å². The first-order valence-corrected chi connectivity index (χ1v) is 6.72. The monoisotopic (exact) mass is 274 g/mol. The molecule has 0 saturated heterocycles. The summed E-state index contributed by atoms with van der Waals surface area (Å²) >= 11 is 0. The number of rotatable bonds is 5. The number of nitrogens with one attached hydrogen (secondary N) is 1. The van der Waals surface area contributed by atoms with E-state index in [0.29, 0.717) is 6.61 Å². The summed E-state index contributed by atoms with van der Waals surface area (Å²) in [6, 6.07) is 11.3. The Balaban J connectivity index is 2.48. The molecule has 0 aliphatic heterocycles. The second kappa shape index (κ2) is 6.95. The van der Waals surface area contributed by atoms with E-state index in [1.54, 1.807) is 0 Å². The van der Waals surface area contributed by atoms with Crippen molar-refractivity contribution in [2.75, 3.05) is 6.61 Å². The van der Waals surface area contributed by atoms with Crippen molar-refractivity contribution in [1.82, 2.24) is 5.32 Å². The van der Waals surface area contributed by atoms with E-state index in [1.165, 1.54) is 0 Å². The van der Waals surface area contributed by atoms with Gasteiger partial charge in [-0.25, -0.2) is 0 Å². The maximum Gasteiger partial charge on any atom is 0.238 e. The highest BCUT2D eigenvalue weighted by molar-refractivity contribution is 5.82. The van der Waals surface area contributed by atoms with E-state index in [-0.39, 0.29) is 17.4 Å². The number of amides is 1. The molecule has 0 fully saturated rings. The fourth-order valence-electron chi connectivity index (χ4n) is 1.75. The van der Waals surface area contributed by atoms with Gasteiger partial charge >= 0.3 is 0 Å². The predicted octanol–water partition coefficient (Wildman–Crippen LogP) is 2.76. The standard InChI is InChI=1S/C16H22N2O2/c1-12(11-20-13-8-6-5-7-9-13)18-15(19)14(10-17)16(2,3)4/h5-9,12,14H,11H2,1-4H3,(H,18,19)/t12-,14+/m0/s1. The summed E-state index contributed by atoms with van der Waals surface area (Å²) in [5, 5.41) is 11.9. The van der Waals surface area contributed by atoms with Crippen LogP contribution in [0.5, 0.6) is 5.75 Å². The quantitative estimate of drug-likeness (QED) is 0.898. The number of carbonyl (C=O) groups is 1. The van der Waals surface area contributed by atoms with Gasteiger partial charge in [0.25, 0.3) is 0 Å². The molecule has 1 aromatic carbocycles. The molecular weight excluding hydrogens is 252 g/mol. The van der Waals surface area contributed by atoms with Crippen LogP contribution in [0.4, 0.5) is 0 Å². The molecular formula is C16H22N2O2. The summed E-state index contributed by atoms with van der Waals surface area (Å²) in [5.41, 5.74) is -0.376. The number of ether oxygens (including phenoxy) is 1. The first-order valence-electron chi connectivity index (χ1n) is 6.72. The molecule has 1 rings (SSSR count). The minimum absolute atomic E-state index is 0.152. The van der Waals surface area contributed by atoms with Gasteiger partial charge in [-0.3, -0.25) is 4.79 Å². The largest absolute Gasteiger partial charge is 0.491 e. The van der Waals surface area contributed by atoms with Crippen molar-refractivity contribution in [3.8, 4) is 11.8 Å². The molecule has 0 unspecified atom stereocenters. The molecule has 1 N–H and O–H groups in total. The third-order valence-corrected chi connectivity index (χ3v) is 2.89. The number of benzene rings is 1. The second-order valence-corrected chi connectivity index (χ2v) is 5.96. The third kappa shape index (κ3) is 4.93. The zero-order chi connectivity index (χ0) is 15.2. The van der Waals surface area contributed by atoms with Crippen LogP contribution in [0, 0.1) is 22.7 Å². The van der Waals surface area contributed by atoms with Crippen LogP contribution in [-0.2, 0) is 4.79 Å². The van der Waals surface area contributed by atoms with Gasteiger partial charge in [0.1, 0.15) is 18.3 Å². The van der Waals surface area contributed by atoms with Gasteiger partial charge in [-0.15, -0.1) is 0 Å². The van der Waals surface area contributed by atoms with Crippen LogP contribution in [0.3, 0.4) is 0 Å². The van der Waals surface area contributed by atoms with Crippen LogP contribution < -0.4 is 10.1 Å². The van der Waals surface area contributed by atoms with Crippen molar-refractivity contribution >= 4 is 5.91 Å². The summed E-state index contributed by atoms with van der Waals surface area (Å²) in [5.74, 6) is -0.146. The first kappa shape index (κ1) is 16.0. The van der Waals surface area contributed by atoms with Crippen LogP contribution in [0.2, 0.25) is 0 Å². The third-order valence-electron chi connectivity index (χ3n) is 2.89. The Morgan fingerprint density at radius 2 is 1.95 bits per heavy atom. The molecule has 0 heterocycles. The lowest BCUT2D eigenvalue weighted by Crippen LogP contribution is -2.43. The van der Waals surface area contributed by atoms with Crippen molar-refractivity contribution in [3.05, 3.63) is 30.3 Å². The Kier molecular flexibility index (Phi) is 5.57. The zero-order valence-electron chi connectivity index (χ0n) is 12.5. The topological polar surface area (TPSA) is 62.1 Å². The maximum absolute atomic E-state index is 12.1. The fourth-order valence-corrected chi connectivity index (χ4v) is 1.75.